The number of amidine groups is 1. The first kappa shape index (κ1) is 17.3. The number of nitrogens with zero attached hydrogens (tertiary/aromatic N) is 2. The van der Waals surface area contributed by atoms with Gasteiger partial charge in [-0.1, -0.05) is 25.0 Å². The molecule has 6 nitrogen and oxygen atoms in total. The number of para-hydroxylation sites is 2. The molecule has 2 aliphatic heterocycles. The molecule has 3 aliphatic rings. The fraction of sp³-hybridized carbons (Fsp3) is 0.455. The SMILES string of the molecule is O=C(c1ccco1)N1CCCC2(C1)Nc1ccccc1NC2=NC1CCCC1. The first-order chi connectivity index (χ1) is 13.7. The molecule has 1 atom stereocenters. The van der Waals surface area contributed by atoms with E-state index < -0.39 is 0 Å². The van der Waals surface area contributed by atoms with Crippen LogP contribution >= 0.6 is 0 Å². The molecule has 1 amide bonds. The van der Waals surface area contributed by atoms with Gasteiger partial charge in [-0.15, -0.1) is 0 Å². The number of benzene rings is 1. The quantitative estimate of drug-likeness (QED) is 0.824. The lowest BCUT2D eigenvalue weighted by Gasteiger charge is -2.47. The van der Waals surface area contributed by atoms with E-state index in [1.54, 1.807) is 18.4 Å². The van der Waals surface area contributed by atoms with Crippen LogP contribution in [0.5, 0.6) is 0 Å². The summed E-state index contributed by atoms with van der Waals surface area (Å²) in [6, 6.07) is 12.1. The number of carbonyl (C=O) groups is 1. The van der Waals surface area contributed by atoms with Crippen molar-refractivity contribution < 1.29 is 9.21 Å². The Morgan fingerprint density at radius 1 is 1.11 bits per heavy atom. The molecule has 146 valence electrons. The van der Waals surface area contributed by atoms with Crippen molar-refractivity contribution in [2.24, 2.45) is 4.99 Å². The molecule has 2 N–H and O–H groups in total. The number of amides is 1. The van der Waals surface area contributed by atoms with Gasteiger partial charge < -0.3 is 20.0 Å². The second-order valence-corrected chi connectivity index (χ2v) is 8.10. The highest BCUT2D eigenvalue weighted by atomic mass is 16.3. The summed E-state index contributed by atoms with van der Waals surface area (Å²) in [6.45, 7) is 1.32. The Hall–Kier alpha value is -2.76. The minimum absolute atomic E-state index is 0.0510. The Bertz CT molecular complexity index is 886. The number of aliphatic imine (C=N–C) groups is 1. The van der Waals surface area contributed by atoms with Gasteiger partial charge in [0, 0.05) is 6.54 Å². The highest BCUT2D eigenvalue weighted by Gasteiger charge is 2.45. The molecule has 5 rings (SSSR count). The molecule has 0 radical (unpaired) electrons. The van der Waals surface area contributed by atoms with Gasteiger partial charge in [-0.2, -0.15) is 0 Å². The highest BCUT2D eigenvalue weighted by molar-refractivity contribution is 6.10. The molecule has 3 heterocycles. The van der Waals surface area contributed by atoms with Gasteiger partial charge in [-0.25, -0.2) is 0 Å². The first-order valence-corrected chi connectivity index (χ1v) is 10.3. The maximum absolute atomic E-state index is 12.9. The van der Waals surface area contributed by atoms with Gasteiger partial charge >= 0.3 is 0 Å². The van der Waals surface area contributed by atoms with Crippen molar-refractivity contribution >= 4 is 23.1 Å². The van der Waals surface area contributed by atoms with E-state index in [0.717, 1.165) is 49.4 Å². The van der Waals surface area contributed by atoms with E-state index in [0.29, 0.717) is 18.3 Å². The molecule has 1 spiro atoms. The van der Waals surface area contributed by atoms with Crippen LogP contribution in [-0.4, -0.2) is 41.3 Å². The van der Waals surface area contributed by atoms with Gasteiger partial charge in [0.25, 0.3) is 5.91 Å². The molecule has 1 aromatic heterocycles. The van der Waals surface area contributed by atoms with Crippen molar-refractivity contribution in [3.05, 3.63) is 48.4 Å². The predicted octanol–water partition coefficient (Wildman–Crippen LogP) is 4.13. The molecular weight excluding hydrogens is 352 g/mol. The van der Waals surface area contributed by atoms with Crippen LogP contribution in [0.3, 0.4) is 0 Å². The summed E-state index contributed by atoms with van der Waals surface area (Å²) in [6.07, 6.45) is 8.23. The normalized spacial score (nSPS) is 26.1. The summed E-state index contributed by atoms with van der Waals surface area (Å²) < 4.78 is 5.36. The average Bonchev–Trinajstić information content (AvgIpc) is 3.42. The maximum Gasteiger partial charge on any atom is 0.289 e. The number of hydrogen-bond donors (Lipinski definition) is 2. The smallest absolute Gasteiger partial charge is 0.289 e. The summed E-state index contributed by atoms with van der Waals surface area (Å²) in [5, 5.41) is 7.35. The summed E-state index contributed by atoms with van der Waals surface area (Å²) >= 11 is 0. The van der Waals surface area contributed by atoms with Crippen LogP contribution in [0.25, 0.3) is 0 Å². The molecule has 2 fully saturated rings. The van der Waals surface area contributed by atoms with Crippen LogP contribution in [0.15, 0.2) is 52.1 Å². The van der Waals surface area contributed by atoms with E-state index in [2.05, 4.69) is 22.8 Å². The highest BCUT2D eigenvalue weighted by Crippen LogP contribution is 2.37. The summed E-state index contributed by atoms with van der Waals surface area (Å²) in [7, 11) is 0. The lowest BCUT2D eigenvalue weighted by atomic mass is 9.84. The number of rotatable bonds is 2. The van der Waals surface area contributed by atoms with Crippen molar-refractivity contribution in [2.75, 3.05) is 23.7 Å². The van der Waals surface area contributed by atoms with Crippen LogP contribution in [0.1, 0.15) is 49.1 Å². The predicted molar refractivity (Wildman–Crippen MR) is 110 cm³/mol. The molecule has 1 unspecified atom stereocenters. The Labute approximate surface area is 165 Å². The first-order valence-electron chi connectivity index (χ1n) is 10.3. The number of furan rings is 1. The Balaban J connectivity index is 1.49. The molecule has 28 heavy (non-hydrogen) atoms. The van der Waals surface area contributed by atoms with Crippen molar-refractivity contribution in [3.63, 3.8) is 0 Å². The van der Waals surface area contributed by atoms with Crippen LogP contribution in [-0.2, 0) is 0 Å². The topological polar surface area (TPSA) is 69.9 Å². The van der Waals surface area contributed by atoms with Gasteiger partial charge in [-0.05, 0) is 49.9 Å². The average molecular weight is 378 g/mol. The fourth-order valence-electron chi connectivity index (χ4n) is 4.72. The summed E-state index contributed by atoms with van der Waals surface area (Å²) in [5.74, 6) is 1.33. The zero-order chi connectivity index (χ0) is 19.0. The Morgan fingerprint density at radius 2 is 1.93 bits per heavy atom. The van der Waals surface area contributed by atoms with Gasteiger partial charge in [0.15, 0.2) is 5.76 Å². The zero-order valence-electron chi connectivity index (χ0n) is 16.0. The monoisotopic (exact) mass is 378 g/mol. The second kappa shape index (κ2) is 7.00. The molecule has 2 aromatic rings. The molecule has 1 aromatic carbocycles. The number of carbonyl (C=O) groups excluding carboxylic acids is 1. The molecule has 0 bridgehead atoms. The number of nitrogens with one attached hydrogen (secondary N) is 2. The summed E-state index contributed by atoms with van der Waals surface area (Å²) in [5.41, 5.74) is 1.75. The molecule has 1 aliphatic carbocycles. The lowest BCUT2D eigenvalue weighted by molar-refractivity contribution is 0.0662. The zero-order valence-corrected chi connectivity index (χ0v) is 16.0. The van der Waals surface area contributed by atoms with E-state index in [-0.39, 0.29) is 11.4 Å². The lowest BCUT2D eigenvalue weighted by Crippen LogP contribution is -2.62. The largest absolute Gasteiger partial charge is 0.459 e. The van der Waals surface area contributed by atoms with Crippen molar-refractivity contribution in [3.8, 4) is 0 Å². The third kappa shape index (κ3) is 3.07. The number of hydrogen-bond acceptors (Lipinski definition) is 4. The van der Waals surface area contributed by atoms with Gasteiger partial charge in [0.1, 0.15) is 11.4 Å². The van der Waals surface area contributed by atoms with E-state index in [1.165, 1.54) is 12.8 Å². The van der Waals surface area contributed by atoms with Crippen LogP contribution in [0.2, 0.25) is 0 Å². The Kier molecular flexibility index (Phi) is 4.34. The molecule has 1 saturated carbocycles. The van der Waals surface area contributed by atoms with Crippen LogP contribution in [0.4, 0.5) is 11.4 Å². The van der Waals surface area contributed by atoms with E-state index in [9.17, 15) is 4.79 Å². The third-order valence-corrected chi connectivity index (χ3v) is 6.16. The number of fused-ring (bicyclic) bond motifs is 1. The van der Waals surface area contributed by atoms with Gasteiger partial charge in [0.05, 0.1) is 30.2 Å². The van der Waals surface area contributed by atoms with E-state index in [1.807, 2.05) is 17.0 Å². The van der Waals surface area contributed by atoms with Gasteiger partial charge in [-0.3, -0.25) is 9.79 Å². The van der Waals surface area contributed by atoms with E-state index >= 15 is 0 Å². The molecule has 6 heteroatoms. The standard InChI is InChI=1S/C22H26N4O2/c27-20(19-11-5-14-28-19)26-13-6-12-22(15-26)21(23-16-7-1-2-8-16)24-17-9-3-4-10-18(17)25-22/h3-5,9-11,14,16,25H,1-2,6-8,12-13,15H2,(H,23,24). The van der Waals surface area contributed by atoms with Crippen molar-refractivity contribution in [2.45, 2.75) is 50.1 Å². The van der Waals surface area contributed by atoms with Crippen LogP contribution in [0, 0.1) is 0 Å². The fourth-order valence-corrected chi connectivity index (χ4v) is 4.72. The maximum atomic E-state index is 12.9. The number of likely N-dealkylation sites (tertiary alicyclic amines) is 1. The number of piperidine rings is 1. The van der Waals surface area contributed by atoms with Crippen molar-refractivity contribution in [1.29, 1.82) is 0 Å². The number of anilines is 2. The molecular formula is C22H26N4O2. The van der Waals surface area contributed by atoms with Crippen molar-refractivity contribution in [1.82, 2.24) is 4.90 Å². The van der Waals surface area contributed by atoms with Crippen LogP contribution < -0.4 is 10.6 Å². The second-order valence-electron chi connectivity index (χ2n) is 8.10. The molecule has 1 saturated heterocycles. The third-order valence-electron chi connectivity index (χ3n) is 6.16. The minimum atomic E-state index is -0.378. The minimum Gasteiger partial charge on any atom is -0.459 e. The van der Waals surface area contributed by atoms with Gasteiger partial charge in [0.2, 0.25) is 0 Å². The Morgan fingerprint density at radius 3 is 2.71 bits per heavy atom. The van der Waals surface area contributed by atoms with E-state index in [4.69, 9.17) is 9.41 Å². The summed E-state index contributed by atoms with van der Waals surface area (Å²) in [4.78, 5) is 20.0.